The average Bonchev–Trinajstić information content (AvgIpc) is 3.05. The van der Waals surface area contributed by atoms with Crippen LogP contribution in [0.4, 0.5) is 11.6 Å². The normalized spacial score (nSPS) is 15.7. The van der Waals surface area contributed by atoms with Gasteiger partial charge < -0.3 is 19.3 Å². The fraction of sp³-hybridized carbons (Fsp3) is 0.250. The predicted molar refractivity (Wildman–Crippen MR) is 164 cm³/mol. The monoisotopic (exact) mass is 562 g/mol. The van der Waals surface area contributed by atoms with Crippen molar-refractivity contribution in [3.05, 3.63) is 106 Å². The molecule has 2 aromatic carbocycles. The second kappa shape index (κ2) is 11.2. The van der Waals surface area contributed by atoms with E-state index >= 15 is 0 Å². The minimum absolute atomic E-state index is 0.0488. The van der Waals surface area contributed by atoms with E-state index < -0.39 is 0 Å². The topological polar surface area (TPSA) is 93.7 Å². The lowest BCUT2D eigenvalue weighted by molar-refractivity contribution is 0.122. The fourth-order valence-electron chi connectivity index (χ4n) is 5.54. The minimum atomic E-state index is -0.0488. The van der Waals surface area contributed by atoms with Crippen molar-refractivity contribution in [3.63, 3.8) is 0 Å². The van der Waals surface area contributed by atoms with E-state index in [0.29, 0.717) is 37.7 Å². The number of hydrogen-bond acceptors (Lipinski definition) is 8. The molecule has 0 N–H and O–H groups in total. The fourth-order valence-corrected chi connectivity index (χ4v) is 5.54. The third kappa shape index (κ3) is 4.95. The van der Waals surface area contributed by atoms with Crippen LogP contribution in [0.1, 0.15) is 0 Å². The van der Waals surface area contributed by atoms with Gasteiger partial charge in [-0.3, -0.25) is 18.4 Å². The largest absolute Gasteiger partial charge is 0.378 e. The molecule has 6 aromatic rings. The zero-order valence-electron chi connectivity index (χ0n) is 23.1. The summed E-state index contributed by atoms with van der Waals surface area (Å²) < 4.78 is 13.9. The summed E-state index contributed by atoms with van der Waals surface area (Å²) >= 11 is 0. The first-order valence-electron chi connectivity index (χ1n) is 14.1. The van der Waals surface area contributed by atoms with Crippen LogP contribution in [-0.4, -0.2) is 71.4 Å². The molecule has 8 rings (SSSR count). The van der Waals surface area contributed by atoms with Gasteiger partial charge in [0, 0.05) is 61.5 Å². The van der Waals surface area contributed by atoms with Crippen LogP contribution in [-0.2, 0) is 9.47 Å². The second-order valence-corrected chi connectivity index (χ2v) is 10.3. The van der Waals surface area contributed by atoms with Crippen molar-refractivity contribution in [2.75, 3.05) is 62.4 Å². The van der Waals surface area contributed by atoms with E-state index in [2.05, 4.69) is 9.80 Å². The molecule has 4 aromatic heterocycles. The molecule has 212 valence electrons. The molecule has 2 saturated heterocycles. The van der Waals surface area contributed by atoms with Gasteiger partial charge in [0.05, 0.1) is 26.4 Å². The third-order valence-corrected chi connectivity index (χ3v) is 7.76. The van der Waals surface area contributed by atoms with Crippen molar-refractivity contribution >= 4 is 44.5 Å². The zero-order chi connectivity index (χ0) is 28.5. The van der Waals surface area contributed by atoms with Gasteiger partial charge in [0.2, 0.25) is 0 Å². The van der Waals surface area contributed by atoms with Gasteiger partial charge in [0.15, 0.2) is 0 Å². The molecular formula is C32H30N6O4. The van der Waals surface area contributed by atoms with Crippen molar-refractivity contribution in [1.29, 1.82) is 0 Å². The minimum Gasteiger partial charge on any atom is -0.378 e. The Hall–Kier alpha value is -4.80. The first-order valence-corrected chi connectivity index (χ1v) is 14.1. The molecule has 6 heterocycles. The van der Waals surface area contributed by atoms with Crippen LogP contribution in [0.3, 0.4) is 0 Å². The number of pyridine rings is 2. The molecule has 0 radical (unpaired) electrons. The van der Waals surface area contributed by atoms with Gasteiger partial charge in [-0.15, -0.1) is 0 Å². The Morgan fingerprint density at radius 3 is 1.38 bits per heavy atom. The lowest BCUT2D eigenvalue weighted by Crippen LogP contribution is -2.37. The van der Waals surface area contributed by atoms with Crippen LogP contribution in [0, 0.1) is 0 Å². The van der Waals surface area contributed by atoms with Gasteiger partial charge in [0.25, 0.3) is 11.1 Å². The van der Waals surface area contributed by atoms with Crippen molar-refractivity contribution in [3.8, 4) is 0 Å². The van der Waals surface area contributed by atoms with Crippen LogP contribution in [0.15, 0.2) is 94.8 Å². The van der Waals surface area contributed by atoms with Crippen LogP contribution < -0.4 is 20.9 Å². The Kier molecular flexibility index (Phi) is 6.98. The van der Waals surface area contributed by atoms with Crippen molar-refractivity contribution in [2.45, 2.75) is 0 Å². The van der Waals surface area contributed by atoms with Crippen molar-refractivity contribution in [1.82, 2.24) is 18.8 Å². The number of ether oxygens (including phenoxy) is 2. The van der Waals surface area contributed by atoms with E-state index in [1.807, 2.05) is 60.7 Å². The first kappa shape index (κ1) is 26.1. The molecule has 0 bridgehead atoms. The Balaban J connectivity index is 0.000000137. The SMILES string of the molecule is O=c1cc(N2CCOCC2)nc2c3ccccc3ccn12.O=c1cc(N2CCOCC2)nc2c3ccccc3ccn12. The van der Waals surface area contributed by atoms with Crippen LogP contribution in [0.25, 0.3) is 32.8 Å². The lowest BCUT2D eigenvalue weighted by Gasteiger charge is -2.27. The van der Waals surface area contributed by atoms with E-state index in [-0.39, 0.29) is 11.1 Å². The maximum Gasteiger partial charge on any atom is 0.259 e. The summed E-state index contributed by atoms with van der Waals surface area (Å²) in [5, 5.41) is 4.16. The average molecular weight is 563 g/mol. The number of benzene rings is 2. The quantitative estimate of drug-likeness (QED) is 0.297. The zero-order valence-corrected chi connectivity index (χ0v) is 23.1. The van der Waals surface area contributed by atoms with Gasteiger partial charge in [-0.2, -0.15) is 0 Å². The number of anilines is 2. The summed E-state index contributed by atoms with van der Waals surface area (Å²) in [6.45, 7) is 5.79. The molecule has 0 unspecified atom stereocenters. The van der Waals surface area contributed by atoms with Crippen LogP contribution in [0.5, 0.6) is 0 Å². The molecule has 10 heteroatoms. The summed E-state index contributed by atoms with van der Waals surface area (Å²) in [6.07, 6.45) is 3.58. The van der Waals surface area contributed by atoms with E-state index in [4.69, 9.17) is 19.4 Å². The standard InChI is InChI=1S/2C16H15N3O2/c2*20-15-11-14(18-7-9-21-10-8-18)17-16-13-4-2-1-3-12(13)5-6-19(15)16/h2*1-6,11H,7-10H2. The highest BCUT2D eigenvalue weighted by atomic mass is 16.5. The highest BCUT2D eigenvalue weighted by Crippen LogP contribution is 2.21. The summed E-state index contributed by atoms with van der Waals surface area (Å²) in [5.74, 6) is 1.47. The molecule has 10 nitrogen and oxygen atoms in total. The molecule has 42 heavy (non-hydrogen) atoms. The maximum atomic E-state index is 12.4. The van der Waals surface area contributed by atoms with Gasteiger partial charge in [-0.25, -0.2) is 9.97 Å². The summed E-state index contributed by atoms with van der Waals surface area (Å²) in [5.41, 5.74) is 1.32. The molecule has 2 aliphatic heterocycles. The molecule has 0 spiro atoms. The number of hydrogen-bond donors (Lipinski definition) is 0. The van der Waals surface area contributed by atoms with Gasteiger partial charge >= 0.3 is 0 Å². The second-order valence-electron chi connectivity index (χ2n) is 10.3. The van der Waals surface area contributed by atoms with E-state index in [1.165, 1.54) is 0 Å². The molecule has 2 fully saturated rings. The summed E-state index contributed by atoms with van der Waals surface area (Å²) in [6, 6.07) is 23.1. The third-order valence-electron chi connectivity index (χ3n) is 7.76. The number of nitrogens with zero attached hydrogens (tertiary/aromatic N) is 6. The Labute approximate surface area is 241 Å². The van der Waals surface area contributed by atoms with E-state index in [1.54, 1.807) is 33.3 Å². The predicted octanol–water partition coefficient (Wildman–Crippen LogP) is 3.37. The van der Waals surface area contributed by atoms with E-state index in [9.17, 15) is 9.59 Å². The highest BCUT2D eigenvalue weighted by Gasteiger charge is 2.16. The Morgan fingerprint density at radius 1 is 0.548 bits per heavy atom. The van der Waals surface area contributed by atoms with Crippen LogP contribution in [0.2, 0.25) is 0 Å². The number of morpholine rings is 2. The number of rotatable bonds is 2. The first-order chi connectivity index (χ1) is 20.7. The molecule has 0 atom stereocenters. The smallest absolute Gasteiger partial charge is 0.259 e. The van der Waals surface area contributed by atoms with Crippen molar-refractivity contribution in [2.24, 2.45) is 0 Å². The van der Waals surface area contributed by atoms with Gasteiger partial charge in [-0.05, 0) is 22.9 Å². The number of aromatic nitrogens is 4. The van der Waals surface area contributed by atoms with Crippen LogP contribution >= 0.6 is 0 Å². The van der Waals surface area contributed by atoms with Crippen molar-refractivity contribution < 1.29 is 9.47 Å². The van der Waals surface area contributed by atoms with Gasteiger partial charge in [0.1, 0.15) is 22.9 Å². The number of fused-ring (bicyclic) bond motifs is 6. The highest BCUT2D eigenvalue weighted by molar-refractivity contribution is 5.94. The summed E-state index contributed by atoms with van der Waals surface area (Å²) in [4.78, 5) is 38.4. The molecule has 0 saturated carbocycles. The van der Waals surface area contributed by atoms with E-state index in [0.717, 1.165) is 59.4 Å². The Morgan fingerprint density at radius 2 is 0.952 bits per heavy atom. The molecular weight excluding hydrogens is 532 g/mol. The Bertz CT molecular complexity index is 1880. The maximum absolute atomic E-state index is 12.4. The molecule has 2 aliphatic rings. The lowest BCUT2D eigenvalue weighted by atomic mass is 10.1. The van der Waals surface area contributed by atoms with Gasteiger partial charge in [-0.1, -0.05) is 48.5 Å². The summed E-state index contributed by atoms with van der Waals surface area (Å²) in [7, 11) is 0. The molecule has 0 amide bonds. The molecule has 0 aliphatic carbocycles.